The largest absolute Gasteiger partial charge is 0.472 e. The molecule has 0 unspecified atom stereocenters. The first-order valence-corrected chi connectivity index (χ1v) is 11.9. The molecule has 11 heteroatoms. The Labute approximate surface area is 214 Å². The zero-order chi connectivity index (χ0) is 26.4. The molecule has 0 atom stereocenters. The Morgan fingerprint density at radius 2 is 1.84 bits per heavy atom. The average molecular weight is 532 g/mol. The number of alkyl halides is 3. The summed E-state index contributed by atoms with van der Waals surface area (Å²) in [6.07, 6.45) is 0.521. The number of primary amides is 1. The quantitative estimate of drug-likeness (QED) is 0.318. The number of amides is 1. The third-order valence-corrected chi connectivity index (χ3v) is 7.18. The number of carbonyl (C=O) groups is 2. The maximum Gasteiger partial charge on any atom is 0.420 e. The number of carbonyl (C=O) groups excluding carboxylic acids is 2. The van der Waals surface area contributed by atoms with Crippen molar-refractivity contribution in [2.24, 2.45) is 5.73 Å². The van der Waals surface area contributed by atoms with Crippen LogP contribution in [-0.2, 0) is 15.7 Å². The Bertz CT molecular complexity index is 1460. The number of benzene rings is 1. The highest BCUT2D eigenvalue weighted by atomic mass is 35.5. The number of aromatic nitrogens is 2. The Kier molecular flexibility index (Phi) is 6.23. The van der Waals surface area contributed by atoms with Gasteiger partial charge in [-0.3, -0.25) is 9.20 Å². The van der Waals surface area contributed by atoms with Gasteiger partial charge in [-0.1, -0.05) is 41.9 Å². The van der Waals surface area contributed by atoms with E-state index in [1.54, 1.807) is 0 Å². The fourth-order valence-electron chi connectivity index (χ4n) is 4.81. The van der Waals surface area contributed by atoms with Gasteiger partial charge in [0.15, 0.2) is 16.9 Å². The number of halogens is 4. The van der Waals surface area contributed by atoms with Crippen molar-refractivity contribution in [2.45, 2.75) is 43.4 Å². The van der Waals surface area contributed by atoms with E-state index in [4.69, 9.17) is 26.5 Å². The molecule has 0 saturated heterocycles. The molecule has 37 heavy (non-hydrogen) atoms. The van der Waals surface area contributed by atoms with Crippen LogP contribution in [0.4, 0.5) is 13.2 Å². The predicted molar refractivity (Wildman–Crippen MR) is 128 cm³/mol. The smallest absolute Gasteiger partial charge is 0.420 e. The summed E-state index contributed by atoms with van der Waals surface area (Å²) in [5.41, 5.74) is 3.46. The number of hydrogen-bond donors (Lipinski definition) is 1. The number of hydrogen-bond acceptors (Lipinski definition) is 5. The molecule has 0 aliphatic heterocycles. The van der Waals surface area contributed by atoms with Crippen LogP contribution in [0.2, 0.25) is 5.15 Å². The van der Waals surface area contributed by atoms with Crippen LogP contribution in [0.3, 0.4) is 0 Å². The second-order valence-electron chi connectivity index (χ2n) is 9.03. The second kappa shape index (κ2) is 9.26. The van der Waals surface area contributed by atoms with Crippen molar-refractivity contribution < 1.29 is 31.9 Å². The molecule has 5 rings (SSSR count). The highest BCUT2D eigenvalue weighted by molar-refractivity contribution is 6.32. The molecule has 1 saturated carbocycles. The molecule has 1 aromatic carbocycles. The topological polar surface area (TPSA) is 99.8 Å². The van der Waals surface area contributed by atoms with E-state index in [-0.39, 0.29) is 29.5 Å². The summed E-state index contributed by atoms with van der Waals surface area (Å²) in [7, 11) is 0. The standard InChI is InChI=1S/C26H21ClF3N3O4/c27-21-20(32-22-19(26(28,29)30)12-18(13-33(21)22)17-8-11-36-14-17)23(34)37-25(24(31)35)9-6-16(7-10-25)15-4-2-1-3-5-15/h1-5,8,11-14,16H,6-7,9-10H2,(H2,31,35). The monoisotopic (exact) mass is 531 g/mol. The number of imidazole rings is 1. The van der Waals surface area contributed by atoms with Crippen LogP contribution in [0, 0.1) is 0 Å². The van der Waals surface area contributed by atoms with Gasteiger partial charge in [-0.15, -0.1) is 0 Å². The molecule has 3 aromatic heterocycles. The van der Waals surface area contributed by atoms with Crippen LogP contribution in [0.25, 0.3) is 16.8 Å². The van der Waals surface area contributed by atoms with Crippen LogP contribution in [0.5, 0.6) is 0 Å². The van der Waals surface area contributed by atoms with Gasteiger partial charge in [-0.25, -0.2) is 9.78 Å². The minimum absolute atomic E-state index is 0.153. The van der Waals surface area contributed by atoms with Crippen molar-refractivity contribution in [3.05, 3.63) is 83.2 Å². The Morgan fingerprint density at radius 1 is 1.14 bits per heavy atom. The highest BCUT2D eigenvalue weighted by Gasteiger charge is 2.45. The average Bonchev–Trinajstić information content (AvgIpc) is 3.52. The van der Waals surface area contributed by atoms with E-state index < -0.39 is 40.6 Å². The first kappa shape index (κ1) is 24.9. The molecule has 0 bridgehead atoms. The number of nitrogens with zero attached hydrogens (tertiary/aromatic N) is 2. The Balaban J connectivity index is 1.48. The molecule has 4 aromatic rings. The molecular formula is C26H21ClF3N3O4. The number of pyridine rings is 1. The zero-order valence-corrected chi connectivity index (χ0v) is 20.1. The van der Waals surface area contributed by atoms with Gasteiger partial charge in [0.05, 0.1) is 18.1 Å². The lowest BCUT2D eigenvalue weighted by Gasteiger charge is -2.37. The van der Waals surface area contributed by atoms with E-state index in [1.165, 1.54) is 24.8 Å². The van der Waals surface area contributed by atoms with Crippen LogP contribution in [0.15, 0.2) is 65.6 Å². The van der Waals surface area contributed by atoms with E-state index in [9.17, 15) is 22.8 Å². The molecule has 1 fully saturated rings. The van der Waals surface area contributed by atoms with Gasteiger partial charge in [0.2, 0.25) is 0 Å². The van der Waals surface area contributed by atoms with Crippen molar-refractivity contribution >= 4 is 29.1 Å². The number of furan rings is 1. The van der Waals surface area contributed by atoms with Crippen molar-refractivity contribution in [2.75, 3.05) is 0 Å². The van der Waals surface area contributed by atoms with Crippen molar-refractivity contribution in [1.29, 1.82) is 0 Å². The van der Waals surface area contributed by atoms with Crippen LogP contribution < -0.4 is 5.73 Å². The second-order valence-corrected chi connectivity index (χ2v) is 9.39. The predicted octanol–water partition coefficient (Wildman–Crippen LogP) is 6.01. The zero-order valence-electron chi connectivity index (χ0n) is 19.3. The molecule has 7 nitrogen and oxygen atoms in total. The molecule has 0 spiro atoms. The number of nitrogens with two attached hydrogens (primary N) is 1. The minimum Gasteiger partial charge on any atom is -0.472 e. The lowest BCUT2D eigenvalue weighted by molar-refractivity contribution is -0.141. The summed E-state index contributed by atoms with van der Waals surface area (Å²) in [6, 6.07) is 12.1. The van der Waals surface area contributed by atoms with E-state index in [0.717, 1.165) is 16.0 Å². The fourth-order valence-corrected chi connectivity index (χ4v) is 5.06. The first-order valence-electron chi connectivity index (χ1n) is 11.5. The van der Waals surface area contributed by atoms with Crippen molar-refractivity contribution in [3.8, 4) is 11.1 Å². The third-order valence-electron chi connectivity index (χ3n) is 6.82. The summed E-state index contributed by atoms with van der Waals surface area (Å²) in [5, 5.41) is -0.381. The van der Waals surface area contributed by atoms with Gasteiger partial charge < -0.3 is 14.9 Å². The van der Waals surface area contributed by atoms with Crippen molar-refractivity contribution in [1.82, 2.24) is 9.38 Å². The maximum absolute atomic E-state index is 13.9. The lowest BCUT2D eigenvalue weighted by Crippen LogP contribution is -2.50. The molecule has 3 heterocycles. The van der Waals surface area contributed by atoms with E-state index in [1.807, 2.05) is 30.3 Å². The summed E-state index contributed by atoms with van der Waals surface area (Å²) < 4.78 is 53.2. The van der Waals surface area contributed by atoms with E-state index >= 15 is 0 Å². The van der Waals surface area contributed by atoms with Gasteiger partial charge >= 0.3 is 12.1 Å². The molecule has 1 aliphatic carbocycles. The molecule has 1 aliphatic rings. The van der Waals surface area contributed by atoms with Gasteiger partial charge in [-0.05, 0) is 49.3 Å². The van der Waals surface area contributed by atoms with Gasteiger partial charge in [-0.2, -0.15) is 13.2 Å². The minimum atomic E-state index is -4.79. The number of ether oxygens (including phenoxy) is 1. The molecule has 2 N–H and O–H groups in total. The van der Waals surface area contributed by atoms with Crippen LogP contribution in [0.1, 0.15) is 53.2 Å². The van der Waals surface area contributed by atoms with Gasteiger partial charge in [0.25, 0.3) is 5.91 Å². The molecule has 192 valence electrons. The summed E-state index contributed by atoms with van der Waals surface area (Å²) >= 11 is 6.35. The van der Waals surface area contributed by atoms with Crippen molar-refractivity contribution in [3.63, 3.8) is 0 Å². The lowest BCUT2D eigenvalue weighted by atomic mass is 9.75. The third kappa shape index (κ3) is 4.57. The van der Waals surface area contributed by atoms with E-state index in [0.29, 0.717) is 18.4 Å². The van der Waals surface area contributed by atoms with Gasteiger partial charge in [0, 0.05) is 17.3 Å². The highest BCUT2D eigenvalue weighted by Crippen LogP contribution is 2.41. The number of rotatable bonds is 5. The summed E-state index contributed by atoms with van der Waals surface area (Å²) in [5.74, 6) is -1.80. The Morgan fingerprint density at radius 3 is 2.43 bits per heavy atom. The summed E-state index contributed by atoms with van der Waals surface area (Å²) in [6.45, 7) is 0. The normalized spacial score (nSPS) is 20.2. The Hall–Kier alpha value is -3.79. The van der Waals surface area contributed by atoms with Crippen LogP contribution >= 0.6 is 11.6 Å². The molecule has 1 amide bonds. The van der Waals surface area contributed by atoms with E-state index in [2.05, 4.69) is 4.98 Å². The number of fused-ring (bicyclic) bond motifs is 1. The number of esters is 1. The SMILES string of the molecule is NC(=O)C1(OC(=O)c2nc3c(C(F)(F)F)cc(-c4ccoc4)cn3c2Cl)CCC(c2ccccc2)CC1. The molecule has 0 radical (unpaired) electrons. The fraction of sp³-hybridized carbons (Fsp3) is 0.269. The maximum atomic E-state index is 13.9. The summed E-state index contributed by atoms with van der Waals surface area (Å²) in [4.78, 5) is 29.5. The molecular weight excluding hydrogens is 511 g/mol. The first-order chi connectivity index (χ1) is 17.6. The van der Waals surface area contributed by atoms with Crippen LogP contribution in [-0.4, -0.2) is 26.9 Å². The van der Waals surface area contributed by atoms with Gasteiger partial charge in [0.1, 0.15) is 5.15 Å².